The van der Waals surface area contributed by atoms with Crippen LogP contribution in [0.1, 0.15) is 35.7 Å². The van der Waals surface area contributed by atoms with Crippen molar-refractivity contribution in [2.75, 3.05) is 20.6 Å². The Morgan fingerprint density at radius 1 is 1.30 bits per heavy atom. The molecule has 0 saturated heterocycles. The smallest absolute Gasteiger partial charge is 0.242 e. The predicted octanol–water partition coefficient (Wildman–Crippen LogP) is 2.96. The molecule has 2 aromatic heterocycles. The second-order valence-corrected chi connectivity index (χ2v) is 11.0. The Hall–Kier alpha value is -2.23. The summed E-state index contributed by atoms with van der Waals surface area (Å²) in [5, 5.41) is 2.10. The molecule has 0 N–H and O–H groups in total. The lowest BCUT2D eigenvalue weighted by atomic mass is 10.0. The van der Waals surface area contributed by atoms with E-state index >= 15 is 0 Å². The van der Waals surface area contributed by atoms with Gasteiger partial charge in [0.25, 0.3) is 0 Å². The fraction of sp³-hybridized carbons (Fsp3) is 0.429. The third-order valence-corrected chi connectivity index (χ3v) is 8.69. The van der Waals surface area contributed by atoms with Gasteiger partial charge in [0.05, 0.1) is 22.0 Å². The van der Waals surface area contributed by atoms with Crippen molar-refractivity contribution in [2.45, 2.75) is 37.1 Å². The first-order chi connectivity index (χ1) is 14.2. The van der Waals surface area contributed by atoms with Crippen molar-refractivity contribution in [1.29, 1.82) is 0 Å². The van der Waals surface area contributed by atoms with Crippen molar-refractivity contribution in [2.24, 2.45) is 7.05 Å². The average Bonchev–Trinajstić information content (AvgIpc) is 3.31. The van der Waals surface area contributed by atoms with Crippen molar-refractivity contribution < 1.29 is 13.2 Å². The molecule has 0 fully saturated rings. The second-order valence-electron chi connectivity index (χ2n) is 7.84. The number of imidazole rings is 1. The molecule has 4 rings (SSSR count). The van der Waals surface area contributed by atoms with Crippen LogP contribution in [0.15, 0.2) is 34.5 Å². The lowest BCUT2D eigenvalue weighted by molar-refractivity contribution is -0.133. The van der Waals surface area contributed by atoms with E-state index in [1.165, 1.54) is 28.8 Å². The Morgan fingerprint density at radius 2 is 2.07 bits per heavy atom. The summed E-state index contributed by atoms with van der Waals surface area (Å²) in [6.45, 7) is 2.84. The van der Waals surface area contributed by atoms with E-state index in [9.17, 15) is 13.2 Å². The molecule has 1 aliphatic rings. The number of aromatic nitrogens is 2. The van der Waals surface area contributed by atoms with Gasteiger partial charge in [-0.25, -0.2) is 17.7 Å². The zero-order valence-corrected chi connectivity index (χ0v) is 19.3. The van der Waals surface area contributed by atoms with Gasteiger partial charge in [0.1, 0.15) is 5.82 Å². The van der Waals surface area contributed by atoms with Crippen LogP contribution in [0.25, 0.3) is 11.0 Å². The van der Waals surface area contributed by atoms with Crippen molar-refractivity contribution in [3.63, 3.8) is 0 Å². The number of aryl methyl sites for hydroxylation is 2. The number of benzene rings is 1. The number of hydrogen-bond acceptors (Lipinski definition) is 5. The standard InChI is InChI=1S/C21H26N4O3S2/c1-14-16-10-12-29-19(16)9-11-25(14)21(26)8-7-20-22-17-13-15(30(27,28)23(2)3)5-6-18(17)24(20)4/h5-6,10,12-14H,7-9,11H2,1-4H3/t14-/m0/s1. The molecule has 0 bridgehead atoms. The highest BCUT2D eigenvalue weighted by Crippen LogP contribution is 2.33. The van der Waals surface area contributed by atoms with Crippen molar-refractivity contribution in [3.05, 3.63) is 45.9 Å². The molecule has 1 aromatic carbocycles. The maximum Gasteiger partial charge on any atom is 0.242 e. The minimum Gasteiger partial charge on any atom is -0.336 e. The van der Waals surface area contributed by atoms with Crippen molar-refractivity contribution >= 4 is 38.3 Å². The van der Waals surface area contributed by atoms with Crippen LogP contribution >= 0.6 is 11.3 Å². The molecule has 0 unspecified atom stereocenters. The molecule has 3 aromatic rings. The fourth-order valence-corrected chi connectivity index (χ4v) is 5.92. The normalized spacial score (nSPS) is 17.0. The molecule has 0 radical (unpaired) electrons. The van der Waals surface area contributed by atoms with E-state index in [-0.39, 0.29) is 16.8 Å². The summed E-state index contributed by atoms with van der Waals surface area (Å²) >= 11 is 1.76. The molecule has 0 saturated carbocycles. The summed E-state index contributed by atoms with van der Waals surface area (Å²) in [6, 6.07) is 7.19. The Kier molecular flexibility index (Phi) is 5.46. The largest absolute Gasteiger partial charge is 0.336 e. The Bertz CT molecular complexity index is 1210. The van der Waals surface area contributed by atoms with Crippen LogP contribution in [-0.4, -0.2) is 53.7 Å². The molecule has 30 heavy (non-hydrogen) atoms. The molecule has 1 atom stereocenters. The lowest BCUT2D eigenvalue weighted by Crippen LogP contribution is -2.38. The molecule has 160 valence electrons. The summed E-state index contributed by atoms with van der Waals surface area (Å²) in [4.78, 5) is 21.1. The Balaban J connectivity index is 1.52. The van der Waals surface area contributed by atoms with E-state index in [4.69, 9.17) is 0 Å². The van der Waals surface area contributed by atoms with Gasteiger partial charge in [-0.3, -0.25) is 4.79 Å². The number of nitrogens with zero attached hydrogens (tertiary/aromatic N) is 4. The zero-order chi connectivity index (χ0) is 21.6. The minimum absolute atomic E-state index is 0.103. The highest BCUT2D eigenvalue weighted by molar-refractivity contribution is 7.89. The summed E-state index contributed by atoms with van der Waals surface area (Å²) in [6.07, 6.45) is 1.81. The van der Waals surface area contributed by atoms with E-state index in [2.05, 4.69) is 23.4 Å². The first-order valence-corrected chi connectivity index (χ1v) is 12.3. The first kappa shape index (κ1) is 21.0. The number of carbonyl (C=O) groups is 1. The molecule has 7 nitrogen and oxygen atoms in total. The minimum atomic E-state index is -3.51. The van der Waals surface area contributed by atoms with Gasteiger partial charge in [-0.15, -0.1) is 11.3 Å². The van der Waals surface area contributed by atoms with Gasteiger partial charge in [0.15, 0.2) is 0 Å². The number of carbonyl (C=O) groups excluding carboxylic acids is 1. The SMILES string of the molecule is C[C@H]1c2ccsc2CCN1C(=O)CCc1nc2cc(S(=O)(=O)N(C)C)ccc2n1C. The fourth-order valence-electron chi connectivity index (χ4n) is 4.04. The van der Waals surface area contributed by atoms with Crippen LogP contribution < -0.4 is 0 Å². The van der Waals surface area contributed by atoms with Gasteiger partial charge >= 0.3 is 0 Å². The molecular formula is C21H26N4O3S2. The van der Waals surface area contributed by atoms with Gasteiger partial charge in [-0.2, -0.15) is 0 Å². The summed E-state index contributed by atoms with van der Waals surface area (Å²) < 4.78 is 27.9. The highest BCUT2D eigenvalue weighted by atomic mass is 32.2. The molecule has 1 amide bonds. The van der Waals surface area contributed by atoms with Crippen molar-refractivity contribution in [1.82, 2.24) is 18.8 Å². The Morgan fingerprint density at radius 3 is 2.80 bits per heavy atom. The summed E-state index contributed by atoms with van der Waals surface area (Å²) in [5.74, 6) is 0.904. The van der Waals surface area contributed by atoms with E-state index in [1.807, 2.05) is 16.5 Å². The van der Waals surface area contributed by atoms with E-state index < -0.39 is 10.0 Å². The number of thiophene rings is 1. The third kappa shape index (κ3) is 3.55. The molecule has 0 spiro atoms. The van der Waals surface area contributed by atoms with Crippen LogP contribution in [0.2, 0.25) is 0 Å². The van der Waals surface area contributed by atoms with Gasteiger partial charge in [0.2, 0.25) is 15.9 Å². The van der Waals surface area contributed by atoms with E-state index in [0.29, 0.717) is 18.4 Å². The van der Waals surface area contributed by atoms with Crippen molar-refractivity contribution in [3.8, 4) is 0 Å². The molecule has 9 heteroatoms. The number of rotatable bonds is 5. The molecule has 3 heterocycles. The van der Waals surface area contributed by atoms with E-state index in [1.54, 1.807) is 29.5 Å². The average molecular weight is 447 g/mol. The topological polar surface area (TPSA) is 75.5 Å². The van der Waals surface area contributed by atoms with Crippen LogP contribution in [0.3, 0.4) is 0 Å². The zero-order valence-electron chi connectivity index (χ0n) is 17.6. The molecule has 0 aliphatic carbocycles. The van der Waals surface area contributed by atoms with Crippen LogP contribution in [0.4, 0.5) is 0 Å². The maximum atomic E-state index is 12.9. The first-order valence-electron chi connectivity index (χ1n) is 9.93. The number of hydrogen-bond donors (Lipinski definition) is 0. The Labute approximate surface area is 181 Å². The maximum absolute atomic E-state index is 12.9. The van der Waals surface area contributed by atoms with Gasteiger partial charge in [-0.05, 0) is 48.6 Å². The molecular weight excluding hydrogens is 420 g/mol. The quantitative estimate of drug-likeness (QED) is 0.604. The third-order valence-electron chi connectivity index (χ3n) is 5.88. The van der Waals surface area contributed by atoms with Gasteiger partial charge in [-0.1, -0.05) is 0 Å². The van der Waals surface area contributed by atoms with Gasteiger partial charge < -0.3 is 9.47 Å². The number of amides is 1. The van der Waals surface area contributed by atoms with E-state index in [0.717, 1.165) is 24.3 Å². The van der Waals surface area contributed by atoms with Gasteiger partial charge in [0, 0.05) is 45.4 Å². The monoisotopic (exact) mass is 446 g/mol. The number of sulfonamides is 1. The molecule has 1 aliphatic heterocycles. The number of fused-ring (bicyclic) bond motifs is 2. The summed E-state index contributed by atoms with van der Waals surface area (Å²) in [7, 11) is 1.40. The highest BCUT2D eigenvalue weighted by Gasteiger charge is 2.28. The summed E-state index contributed by atoms with van der Waals surface area (Å²) in [5.41, 5.74) is 2.73. The second kappa shape index (κ2) is 7.79. The van der Waals surface area contributed by atoms with Crippen LogP contribution in [-0.2, 0) is 34.7 Å². The predicted molar refractivity (Wildman–Crippen MR) is 118 cm³/mol. The van der Waals surface area contributed by atoms with Crippen LogP contribution in [0.5, 0.6) is 0 Å². The lowest BCUT2D eigenvalue weighted by Gasteiger charge is -2.33. The van der Waals surface area contributed by atoms with Crippen LogP contribution in [0, 0.1) is 0 Å².